The van der Waals surface area contributed by atoms with Gasteiger partial charge in [-0.3, -0.25) is 9.80 Å². The lowest BCUT2D eigenvalue weighted by atomic mass is 10.0. The number of benzene rings is 2. The molecule has 1 saturated heterocycles. The zero-order valence-electron chi connectivity index (χ0n) is 19.2. The summed E-state index contributed by atoms with van der Waals surface area (Å²) in [5.41, 5.74) is -2.51. The zero-order chi connectivity index (χ0) is 26.0. The molecule has 0 atom stereocenters. The molecular formula is C24H26F6N2O3. The van der Waals surface area contributed by atoms with Gasteiger partial charge in [0.2, 0.25) is 0 Å². The summed E-state index contributed by atoms with van der Waals surface area (Å²) in [5.74, 6) is -1.49. The second-order valence-corrected chi connectivity index (χ2v) is 8.98. The lowest BCUT2D eigenvalue weighted by Gasteiger charge is -2.35. The molecule has 5 nitrogen and oxygen atoms in total. The van der Waals surface area contributed by atoms with Crippen molar-refractivity contribution in [2.75, 3.05) is 26.2 Å². The first-order chi connectivity index (χ1) is 16.1. The van der Waals surface area contributed by atoms with Gasteiger partial charge in [-0.15, -0.1) is 0 Å². The largest absolute Gasteiger partial charge is 0.478 e. The number of carbonyl (C=O) groups is 1. The van der Waals surface area contributed by atoms with Crippen molar-refractivity contribution in [2.24, 2.45) is 0 Å². The fraction of sp³-hybridized carbons (Fsp3) is 0.458. The maximum atomic E-state index is 13.7. The van der Waals surface area contributed by atoms with Crippen LogP contribution in [0.3, 0.4) is 0 Å². The van der Waals surface area contributed by atoms with Gasteiger partial charge in [-0.25, -0.2) is 4.79 Å². The number of hydrogen-bond acceptors (Lipinski definition) is 4. The van der Waals surface area contributed by atoms with Crippen LogP contribution in [-0.2, 0) is 30.2 Å². The fourth-order valence-corrected chi connectivity index (χ4v) is 3.76. The third kappa shape index (κ3) is 7.11. The van der Waals surface area contributed by atoms with E-state index in [9.17, 15) is 31.1 Å². The number of carboxylic acid groups (broad SMARTS) is 1. The summed E-state index contributed by atoms with van der Waals surface area (Å²) in [7, 11) is 0. The first kappa shape index (κ1) is 26.8. The van der Waals surface area contributed by atoms with Crippen molar-refractivity contribution >= 4 is 5.97 Å². The number of nitrogens with zero attached hydrogens (tertiary/aromatic N) is 2. The quantitative estimate of drug-likeness (QED) is 0.520. The lowest BCUT2D eigenvalue weighted by Crippen LogP contribution is -2.45. The molecule has 0 unspecified atom stereocenters. The number of rotatable bonds is 7. The van der Waals surface area contributed by atoms with E-state index in [1.807, 2.05) is 9.80 Å². The van der Waals surface area contributed by atoms with Gasteiger partial charge in [-0.1, -0.05) is 18.2 Å². The second kappa shape index (κ2) is 10.1. The number of carboxylic acids is 1. The van der Waals surface area contributed by atoms with E-state index in [1.165, 1.54) is 38.1 Å². The van der Waals surface area contributed by atoms with Crippen molar-refractivity contribution in [3.05, 3.63) is 64.7 Å². The number of hydrogen-bond donors (Lipinski definition) is 1. The van der Waals surface area contributed by atoms with Gasteiger partial charge < -0.3 is 9.84 Å². The normalized spacial score (nSPS) is 16.3. The van der Waals surface area contributed by atoms with Gasteiger partial charge in [0.1, 0.15) is 5.75 Å². The van der Waals surface area contributed by atoms with Crippen molar-refractivity contribution in [1.82, 2.24) is 9.80 Å². The highest BCUT2D eigenvalue weighted by molar-refractivity contribution is 5.76. The highest BCUT2D eigenvalue weighted by Gasteiger charge is 2.36. The zero-order valence-corrected chi connectivity index (χ0v) is 19.2. The standard InChI is InChI=1S/C24H26F6N2O3/c1-22(2,21(33)34)35-19-8-5-17(20(13-19)24(28,29)30)15-32-11-9-31(10-12-32)14-16-3-6-18(7-4-16)23(25,26)27/h3-8,13H,9-12,14-15H2,1-2H3,(H,33,34). The van der Waals surface area contributed by atoms with Crippen LogP contribution < -0.4 is 4.74 Å². The Balaban J connectivity index is 1.62. The molecule has 1 N–H and O–H groups in total. The van der Waals surface area contributed by atoms with Gasteiger partial charge in [0, 0.05) is 39.3 Å². The highest BCUT2D eigenvalue weighted by atomic mass is 19.4. The van der Waals surface area contributed by atoms with E-state index in [0.717, 1.165) is 23.8 Å². The van der Waals surface area contributed by atoms with Crippen LogP contribution in [0, 0.1) is 0 Å². The van der Waals surface area contributed by atoms with Crippen LogP contribution in [0.4, 0.5) is 26.3 Å². The smallest absolute Gasteiger partial charge is 0.416 e. The molecule has 192 valence electrons. The van der Waals surface area contributed by atoms with Crippen molar-refractivity contribution < 1.29 is 41.0 Å². The molecule has 1 aliphatic heterocycles. The van der Waals surface area contributed by atoms with Crippen molar-refractivity contribution in [2.45, 2.75) is 44.9 Å². The maximum Gasteiger partial charge on any atom is 0.416 e. The Labute approximate surface area is 198 Å². The van der Waals surface area contributed by atoms with Gasteiger partial charge in [0.15, 0.2) is 5.60 Å². The number of ether oxygens (including phenoxy) is 1. The monoisotopic (exact) mass is 504 g/mol. The van der Waals surface area contributed by atoms with Crippen LogP contribution in [0.5, 0.6) is 5.75 Å². The third-order valence-corrected chi connectivity index (χ3v) is 5.82. The first-order valence-corrected chi connectivity index (χ1v) is 10.9. The Morgan fingerprint density at radius 1 is 0.857 bits per heavy atom. The molecule has 0 bridgehead atoms. The molecule has 0 aromatic heterocycles. The van der Waals surface area contributed by atoms with Crippen molar-refractivity contribution in [3.8, 4) is 5.75 Å². The molecular weight excluding hydrogens is 478 g/mol. The van der Waals surface area contributed by atoms with E-state index in [4.69, 9.17) is 9.84 Å². The van der Waals surface area contributed by atoms with Crippen LogP contribution in [0.1, 0.15) is 36.1 Å². The Kier molecular flexibility index (Phi) is 7.71. The van der Waals surface area contributed by atoms with E-state index in [1.54, 1.807) is 0 Å². The molecule has 1 fully saturated rings. The average molecular weight is 504 g/mol. The van der Waals surface area contributed by atoms with Crippen molar-refractivity contribution in [1.29, 1.82) is 0 Å². The van der Waals surface area contributed by atoms with E-state index in [-0.39, 0.29) is 17.9 Å². The lowest BCUT2D eigenvalue weighted by molar-refractivity contribution is -0.152. The van der Waals surface area contributed by atoms with Gasteiger partial charge >= 0.3 is 18.3 Å². The van der Waals surface area contributed by atoms with E-state index in [2.05, 4.69) is 0 Å². The molecule has 1 heterocycles. The Bertz CT molecular complexity index is 1030. The van der Waals surface area contributed by atoms with Gasteiger partial charge in [-0.2, -0.15) is 26.3 Å². The second-order valence-electron chi connectivity index (χ2n) is 8.98. The maximum absolute atomic E-state index is 13.7. The highest BCUT2D eigenvalue weighted by Crippen LogP contribution is 2.36. The number of alkyl halides is 6. The summed E-state index contributed by atoms with van der Waals surface area (Å²) in [6.45, 7) is 5.08. The molecule has 0 amide bonds. The van der Waals surface area contributed by atoms with Gasteiger partial charge in [0.25, 0.3) is 0 Å². The molecule has 3 rings (SSSR count). The molecule has 2 aromatic carbocycles. The molecule has 0 aliphatic carbocycles. The Morgan fingerprint density at radius 2 is 1.40 bits per heavy atom. The van der Waals surface area contributed by atoms with Crippen LogP contribution in [0.15, 0.2) is 42.5 Å². The summed E-state index contributed by atoms with van der Waals surface area (Å²) in [5, 5.41) is 9.16. The fourth-order valence-electron chi connectivity index (χ4n) is 3.76. The van der Waals surface area contributed by atoms with Crippen LogP contribution in [0.2, 0.25) is 0 Å². The van der Waals surface area contributed by atoms with Crippen LogP contribution in [-0.4, -0.2) is 52.7 Å². The number of piperazine rings is 1. The minimum atomic E-state index is -4.65. The SMILES string of the molecule is CC(C)(Oc1ccc(CN2CCN(Cc3ccc(C(F)(F)F)cc3)CC2)c(C(F)(F)F)c1)C(=O)O. The average Bonchev–Trinajstić information content (AvgIpc) is 2.75. The van der Waals surface area contributed by atoms with E-state index >= 15 is 0 Å². The van der Waals surface area contributed by atoms with E-state index in [0.29, 0.717) is 32.7 Å². The number of halogens is 6. The predicted octanol–water partition coefficient (Wildman–Crippen LogP) is 5.28. The summed E-state index contributed by atoms with van der Waals surface area (Å²) in [4.78, 5) is 15.1. The Hall–Kier alpha value is -2.79. The van der Waals surface area contributed by atoms with Gasteiger partial charge in [-0.05, 0) is 49.2 Å². The van der Waals surface area contributed by atoms with Crippen LogP contribution in [0.25, 0.3) is 0 Å². The minimum Gasteiger partial charge on any atom is -0.478 e. The molecule has 35 heavy (non-hydrogen) atoms. The van der Waals surface area contributed by atoms with E-state index < -0.39 is 35.0 Å². The topological polar surface area (TPSA) is 53.0 Å². The van der Waals surface area contributed by atoms with Crippen molar-refractivity contribution in [3.63, 3.8) is 0 Å². The molecule has 2 aromatic rings. The summed E-state index contributed by atoms with van der Waals surface area (Å²) < 4.78 is 84.5. The Morgan fingerprint density at radius 3 is 1.89 bits per heavy atom. The molecule has 1 aliphatic rings. The molecule has 11 heteroatoms. The summed E-state index contributed by atoms with van der Waals surface area (Å²) >= 11 is 0. The van der Waals surface area contributed by atoms with Gasteiger partial charge in [0.05, 0.1) is 11.1 Å². The summed E-state index contributed by atoms with van der Waals surface area (Å²) in [6, 6.07) is 8.38. The molecule has 0 saturated carbocycles. The molecule has 0 radical (unpaired) electrons. The first-order valence-electron chi connectivity index (χ1n) is 10.9. The number of aliphatic carboxylic acids is 1. The predicted molar refractivity (Wildman–Crippen MR) is 116 cm³/mol. The summed E-state index contributed by atoms with van der Waals surface area (Å²) in [6.07, 6.45) is -9.04. The molecule has 0 spiro atoms. The minimum absolute atomic E-state index is 0.0472. The van der Waals surface area contributed by atoms with Crippen LogP contribution >= 0.6 is 0 Å². The third-order valence-electron chi connectivity index (χ3n) is 5.82.